The van der Waals surface area contributed by atoms with Gasteiger partial charge in [-0.05, 0) is 38.1 Å². The van der Waals surface area contributed by atoms with Gasteiger partial charge in [0.1, 0.15) is 11.6 Å². The minimum Gasteiger partial charge on any atom is -0.307 e. The molecule has 0 aliphatic carbocycles. The predicted octanol–water partition coefficient (Wildman–Crippen LogP) is 3.11. The standard InChI is InChI=1S/C14H16FN3OS/c1-3-18-10(2)16-17-14(18)20-9-8-13(19)11-4-6-12(15)7-5-11/h4-7H,3,8-9H2,1-2H3. The highest BCUT2D eigenvalue weighted by Crippen LogP contribution is 2.18. The van der Waals surface area contributed by atoms with Crippen molar-refractivity contribution < 1.29 is 9.18 Å². The molecule has 0 aliphatic heterocycles. The van der Waals surface area contributed by atoms with Gasteiger partial charge in [-0.3, -0.25) is 4.79 Å². The summed E-state index contributed by atoms with van der Waals surface area (Å²) in [7, 11) is 0. The SMILES string of the molecule is CCn1c(C)nnc1SCCC(=O)c1ccc(F)cc1. The lowest BCUT2D eigenvalue weighted by Gasteiger charge is -2.04. The minimum absolute atomic E-state index is 0.0109. The molecule has 0 saturated carbocycles. The third kappa shape index (κ3) is 3.45. The topological polar surface area (TPSA) is 47.8 Å². The maximum atomic E-state index is 12.8. The summed E-state index contributed by atoms with van der Waals surface area (Å²) < 4.78 is 14.8. The van der Waals surface area contributed by atoms with E-state index in [0.717, 1.165) is 17.5 Å². The predicted molar refractivity (Wildman–Crippen MR) is 76.5 cm³/mol. The molecule has 0 unspecified atom stereocenters. The maximum Gasteiger partial charge on any atom is 0.191 e. The van der Waals surface area contributed by atoms with Crippen molar-refractivity contribution in [1.29, 1.82) is 0 Å². The molecule has 1 heterocycles. The Kier molecular flexibility index (Phi) is 4.89. The first kappa shape index (κ1) is 14.7. The molecule has 2 aromatic rings. The number of hydrogen-bond donors (Lipinski definition) is 0. The van der Waals surface area contributed by atoms with Crippen LogP contribution in [0.1, 0.15) is 29.5 Å². The van der Waals surface area contributed by atoms with Gasteiger partial charge in [-0.25, -0.2) is 4.39 Å². The number of nitrogens with zero attached hydrogens (tertiary/aromatic N) is 3. The van der Waals surface area contributed by atoms with Gasteiger partial charge in [0.05, 0.1) is 0 Å². The molecule has 0 amide bonds. The summed E-state index contributed by atoms with van der Waals surface area (Å²) in [4.78, 5) is 11.9. The normalized spacial score (nSPS) is 10.8. The Bertz CT molecular complexity index is 595. The molecule has 0 radical (unpaired) electrons. The highest BCUT2D eigenvalue weighted by Gasteiger charge is 2.10. The summed E-state index contributed by atoms with van der Waals surface area (Å²) in [6, 6.07) is 5.64. The van der Waals surface area contributed by atoms with Gasteiger partial charge in [0.15, 0.2) is 10.9 Å². The van der Waals surface area contributed by atoms with Crippen LogP contribution in [0.15, 0.2) is 29.4 Å². The second-order valence-electron chi connectivity index (χ2n) is 4.30. The van der Waals surface area contributed by atoms with Gasteiger partial charge < -0.3 is 4.57 Å². The highest BCUT2D eigenvalue weighted by molar-refractivity contribution is 7.99. The molecule has 106 valence electrons. The second-order valence-corrected chi connectivity index (χ2v) is 5.36. The van der Waals surface area contributed by atoms with E-state index < -0.39 is 0 Å². The molecule has 0 saturated heterocycles. The fraction of sp³-hybridized carbons (Fsp3) is 0.357. The molecule has 2 rings (SSSR count). The van der Waals surface area contributed by atoms with Crippen LogP contribution in [0.5, 0.6) is 0 Å². The molecule has 0 aliphatic rings. The third-order valence-electron chi connectivity index (χ3n) is 2.94. The van der Waals surface area contributed by atoms with E-state index in [9.17, 15) is 9.18 Å². The molecule has 0 fully saturated rings. The quantitative estimate of drug-likeness (QED) is 0.606. The average Bonchev–Trinajstić information content (AvgIpc) is 2.80. The van der Waals surface area contributed by atoms with Gasteiger partial charge in [-0.1, -0.05) is 11.8 Å². The summed E-state index contributed by atoms with van der Waals surface area (Å²) >= 11 is 1.51. The Hall–Kier alpha value is -1.69. The van der Waals surface area contributed by atoms with E-state index in [-0.39, 0.29) is 11.6 Å². The average molecular weight is 293 g/mol. The Balaban J connectivity index is 1.89. The summed E-state index contributed by atoms with van der Waals surface area (Å²) in [5.74, 6) is 1.19. The number of thioether (sulfide) groups is 1. The first-order valence-electron chi connectivity index (χ1n) is 6.43. The van der Waals surface area contributed by atoms with Gasteiger partial charge >= 0.3 is 0 Å². The smallest absolute Gasteiger partial charge is 0.191 e. The van der Waals surface area contributed by atoms with Crippen molar-refractivity contribution >= 4 is 17.5 Å². The molecule has 0 bridgehead atoms. The molecule has 0 spiro atoms. The van der Waals surface area contributed by atoms with E-state index in [0.29, 0.717) is 17.7 Å². The van der Waals surface area contributed by atoms with E-state index in [1.54, 1.807) is 0 Å². The number of Topliss-reactive ketones (excluding diaryl/α,β-unsaturated/α-hetero) is 1. The first-order chi connectivity index (χ1) is 9.61. The molecule has 4 nitrogen and oxygen atoms in total. The Morgan fingerprint density at radius 3 is 2.65 bits per heavy atom. The van der Waals surface area contributed by atoms with E-state index in [2.05, 4.69) is 10.2 Å². The first-order valence-corrected chi connectivity index (χ1v) is 7.41. The van der Waals surface area contributed by atoms with E-state index in [1.807, 2.05) is 18.4 Å². The number of carbonyl (C=O) groups excluding carboxylic acids is 1. The maximum absolute atomic E-state index is 12.8. The Labute approximate surface area is 121 Å². The van der Waals surface area contributed by atoms with Crippen LogP contribution >= 0.6 is 11.8 Å². The lowest BCUT2D eigenvalue weighted by molar-refractivity contribution is 0.0989. The summed E-state index contributed by atoms with van der Waals surface area (Å²) in [5.41, 5.74) is 0.542. The summed E-state index contributed by atoms with van der Waals surface area (Å²) in [5, 5.41) is 8.93. The summed E-state index contributed by atoms with van der Waals surface area (Å²) in [6.45, 7) is 4.75. The number of aryl methyl sites for hydroxylation is 1. The van der Waals surface area contributed by atoms with Crippen LogP contribution in [0.25, 0.3) is 0 Å². The lowest BCUT2D eigenvalue weighted by atomic mass is 10.1. The number of aromatic nitrogens is 3. The molecule has 20 heavy (non-hydrogen) atoms. The van der Waals surface area contributed by atoms with Gasteiger partial charge in [-0.15, -0.1) is 10.2 Å². The molecule has 1 aromatic carbocycles. The van der Waals surface area contributed by atoms with Gasteiger partial charge in [0.2, 0.25) is 0 Å². The highest BCUT2D eigenvalue weighted by atomic mass is 32.2. The van der Waals surface area contributed by atoms with E-state index in [4.69, 9.17) is 0 Å². The molecule has 0 N–H and O–H groups in total. The summed E-state index contributed by atoms with van der Waals surface area (Å²) in [6.07, 6.45) is 0.395. The fourth-order valence-corrected chi connectivity index (χ4v) is 2.83. The largest absolute Gasteiger partial charge is 0.307 e. The molecule has 6 heteroatoms. The van der Waals surface area contributed by atoms with E-state index >= 15 is 0 Å². The number of carbonyl (C=O) groups is 1. The molecular weight excluding hydrogens is 277 g/mol. The Morgan fingerprint density at radius 1 is 1.30 bits per heavy atom. The van der Waals surface area contributed by atoms with Gasteiger partial charge in [0.25, 0.3) is 0 Å². The van der Waals surface area contributed by atoms with Crippen molar-refractivity contribution in [3.05, 3.63) is 41.5 Å². The van der Waals surface area contributed by atoms with Crippen LogP contribution in [-0.4, -0.2) is 26.3 Å². The second kappa shape index (κ2) is 6.65. The third-order valence-corrected chi connectivity index (χ3v) is 3.91. The van der Waals surface area contributed by atoms with Crippen molar-refractivity contribution in [2.75, 3.05) is 5.75 Å². The zero-order valence-corrected chi connectivity index (χ0v) is 12.3. The van der Waals surface area contributed by atoms with Crippen LogP contribution in [-0.2, 0) is 6.54 Å². The Morgan fingerprint density at radius 2 is 2.00 bits per heavy atom. The number of ketones is 1. The van der Waals surface area contributed by atoms with Crippen LogP contribution in [0.2, 0.25) is 0 Å². The molecule has 0 atom stereocenters. The molecular formula is C14H16FN3OS. The zero-order valence-electron chi connectivity index (χ0n) is 11.5. The van der Waals surface area contributed by atoms with Crippen molar-refractivity contribution in [2.45, 2.75) is 32.0 Å². The number of halogens is 1. The number of benzene rings is 1. The minimum atomic E-state index is -0.331. The lowest BCUT2D eigenvalue weighted by Crippen LogP contribution is -2.03. The van der Waals surface area contributed by atoms with E-state index in [1.165, 1.54) is 36.0 Å². The fourth-order valence-electron chi connectivity index (χ4n) is 1.85. The van der Waals surface area contributed by atoms with Crippen molar-refractivity contribution in [1.82, 2.24) is 14.8 Å². The number of rotatable bonds is 6. The monoisotopic (exact) mass is 293 g/mol. The molecule has 1 aromatic heterocycles. The van der Waals surface area contributed by atoms with Gasteiger partial charge in [-0.2, -0.15) is 0 Å². The van der Waals surface area contributed by atoms with Crippen molar-refractivity contribution in [3.63, 3.8) is 0 Å². The van der Waals surface area contributed by atoms with Crippen molar-refractivity contribution in [2.24, 2.45) is 0 Å². The van der Waals surface area contributed by atoms with Crippen LogP contribution in [0, 0.1) is 12.7 Å². The van der Waals surface area contributed by atoms with Gasteiger partial charge in [0, 0.05) is 24.3 Å². The van der Waals surface area contributed by atoms with Crippen molar-refractivity contribution in [3.8, 4) is 0 Å². The van der Waals surface area contributed by atoms with Crippen LogP contribution < -0.4 is 0 Å². The number of hydrogen-bond acceptors (Lipinski definition) is 4. The zero-order chi connectivity index (χ0) is 14.5. The van der Waals surface area contributed by atoms with Crippen LogP contribution in [0.3, 0.4) is 0 Å². The van der Waals surface area contributed by atoms with Crippen LogP contribution in [0.4, 0.5) is 4.39 Å².